The molecule has 0 saturated heterocycles. The molecule has 0 N–H and O–H groups in total. The molecule has 12 heavy (non-hydrogen) atoms. The lowest BCUT2D eigenvalue weighted by Crippen LogP contribution is -1.94. The monoisotopic (exact) mass is 162 g/mol. The molecule has 0 bridgehead atoms. The Morgan fingerprint density at radius 1 is 1.33 bits per heavy atom. The first-order chi connectivity index (χ1) is 5.78. The van der Waals surface area contributed by atoms with E-state index in [1.807, 2.05) is 12.1 Å². The molecule has 0 aromatic rings. The zero-order valence-electron chi connectivity index (χ0n) is 7.67. The van der Waals surface area contributed by atoms with E-state index >= 15 is 0 Å². The molecular formula is C10H14N2. The Morgan fingerprint density at radius 2 is 1.92 bits per heavy atom. The van der Waals surface area contributed by atoms with Crippen LogP contribution < -0.4 is 0 Å². The molecule has 0 amide bonds. The average Bonchev–Trinajstić information content (AvgIpc) is 2.12. The number of hydrogen-bond acceptors (Lipinski definition) is 2. The van der Waals surface area contributed by atoms with Crippen LogP contribution in [-0.2, 0) is 0 Å². The molecule has 2 nitrogen and oxygen atoms in total. The minimum atomic E-state index is 0.246. The first kappa shape index (κ1) is 10.7. The lowest BCUT2D eigenvalue weighted by molar-refractivity contribution is 0.562. The highest BCUT2D eigenvalue weighted by Crippen LogP contribution is 2.13. The number of allylic oxidation sites excluding steroid dienone is 2. The summed E-state index contributed by atoms with van der Waals surface area (Å²) in [5.74, 6) is 0.393. The summed E-state index contributed by atoms with van der Waals surface area (Å²) in [7, 11) is 0. The van der Waals surface area contributed by atoms with Crippen molar-refractivity contribution < 1.29 is 0 Å². The summed E-state index contributed by atoms with van der Waals surface area (Å²) in [6, 6.07) is 3.75. The van der Waals surface area contributed by atoms with Gasteiger partial charge in [-0.2, -0.15) is 10.5 Å². The van der Waals surface area contributed by atoms with Gasteiger partial charge in [-0.25, -0.2) is 0 Å². The van der Waals surface area contributed by atoms with Crippen molar-refractivity contribution in [3.63, 3.8) is 0 Å². The SMILES string of the molecule is CCCC(C=C(C#N)C#N)CC. The van der Waals surface area contributed by atoms with Gasteiger partial charge in [-0.1, -0.05) is 26.3 Å². The van der Waals surface area contributed by atoms with Gasteiger partial charge in [-0.15, -0.1) is 0 Å². The molecule has 64 valence electrons. The molecule has 0 aliphatic carbocycles. The van der Waals surface area contributed by atoms with E-state index < -0.39 is 0 Å². The molecule has 2 heteroatoms. The third kappa shape index (κ3) is 3.78. The maximum atomic E-state index is 8.50. The Kier molecular flexibility index (Phi) is 5.75. The Morgan fingerprint density at radius 3 is 2.25 bits per heavy atom. The molecule has 0 saturated carbocycles. The summed E-state index contributed by atoms with van der Waals surface area (Å²) >= 11 is 0. The predicted molar refractivity (Wildman–Crippen MR) is 48.0 cm³/mol. The van der Waals surface area contributed by atoms with Gasteiger partial charge in [0.1, 0.15) is 17.7 Å². The molecule has 0 fully saturated rings. The molecular weight excluding hydrogens is 148 g/mol. The fourth-order valence-corrected chi connectivity index (χ4v) is 1.11. The fourth-order valence-electron chi connectivity index (χ4n) is 1.11. The highest BCUT2D eigenvalue weighted by atomic mass is 14.3. The van der Waals surface area contributed by atoms with Gasteiger partial charge in [0.25, 0.3) is 0 Å². The Bertz CT molecular complexity index is 211. The second-order valence-electron chi connectivity index (χ2n) is 2.76. The van der Waals surface area contributed by atoms with Crippen LogP contribution in [0.2, 0.25) is 0 Å². The summed E-state index contributed by atoms with van der Waals surface area (Å²) in [4.78, 5) is 0. The van der Waals surface area contributed by atoms with Crippen LogP contribution in [-0.4, -0.2) is 0 Å². The Hall–Kier alpha value is -1.28. The smallest absolute Gasteiger partial charge is 0.125 e. The number of hydrogen-bond donors (Lipinski definition) is 0. The van der Waals surface area contributed by atoms with Gasteiger partial charge < -0.3 is 0 Å². The predicted octanol–water partition coefficient (Wildman–Crippen LogP) is 2.79. The van der Waals surface area contributed by atoms with E-state index in [0.29, 0.717) is 5.92 Å². The summed E-state index contributed by atoms with van der Waals surface area (Å²) < 4.78 is 0. The van der Waals surface area contributed by atoms with E-state index in [1.165, 1.54) is 0 Å². The molecule has 1 atom stereocenters. The van der Waals surface area contributed by atoms with Gasteiger partial charge in [0.15, 0.2) is 0 Å². The van der Waals surface area contributed by atoms with Gasteiger partial charge in [-0.05, 0) is 18.8 Å². The van der Waals surface area contributed by atoms with Crippen molar-refractivity contribution in [2.24, 2.45) is 5.92 Å². The second-order valence-corrected chi connectivity index (χ2v) is 2.76. The molecule has 0 aromatic carbocycles. The molecule has 0 heterocycles. The standard InChI is InChI=1S/C10H14N2/c1-3-5-9(4-2)6-10(7-11)8-12/h6,9H,3-5H2,1-2H3. The summed E-state index contributed by atoms with van der Waals surface area (Å²) in [5.41, 5.74) is 0.246. The van der Waals surface area contributed by atoms with Crippen molar-refractivity contribution in [1.82, 2.24) is 0 Å². The van der Waals surface area contributed by atoms with Crippen molar-refractivity contribution in [1.29, 1.82) is 10.5 Å². The van der Waals surface area contributed by atoms with E-state index in [0.717, 1.165) is 19.3 Å². The van der Waals surface area contributed by atoms with Crippen LogP contribution in [0.15, 0.2) is 11.6 Å². The molecule has 0 aliphatic heterocycles. The largest absolute Gasteiger partial charge is 0.192 e. The van der Waals surface area contributed by atoms with Crippen LogP contribution in [0.5, 0.6) is 0 Å². The van der Waals surface area contributed by atoms with Crippen molar-refractivity contribution in [2.45, 2.75) is 33.1 Å². The van der Waals surface area contributed by atoms with Gasteiger partial charge in [0, 0.05) is 0 Å². The van der Waals surface area contributed by atoms with E-state index in [2.05, 4.69) is 13.8 Å². The summed E-state index contributed by atoms with van der Waals surface area (Å²) in [6.07, 6.45) is 4.94. The molecule has 0 spiro atoms. The lowest BCUT2D eigenvalue weighted by atomic mass is 9.98. The summed E-state index contributed by atoms with van der Waals surface area (Å²) in [6.45, 7) is 4.18. The molecule has 0 aliphatic rings. The molecule has 1 unspecified atom stereocenters. The van der Waals surface area contributed by atoms with Crippen LogP contribution in [0, 0.1) is 28.6 Å². The first-order valence-electron chi connectivity index (χ1n) is 4.30. The maximum Gasteiger partial charge on any atom is 0.125 e. The van der Waals surface area contributed by atoms with Crippen molar-refractivity contribution in [3.8, 4) is 12.1 Å². The number of nitriles is 2. The maximum absolute atomic E-state index is 8.50. The van der Waals surface area contributed by atoms with Gasteiger partial charge in [0.05, 0.1) is 0 Å². The van der Waals surface area contributed by atoms with Crippen LogP contribution in [0.25, 0.3) is 0 Å². The highest BCUT2D eigenvalue weighted by molar-refractivity contribution is 5.35. The molecule has 0 rings (SSSR count). The van der Waals surface area contributed by atoms with Crippen molar-refractivity contribution in [2.75, 3.05) is 0 Å². The second kappa shape index (κ2) is 6.43. The van der Waals surface area contributed by atoms with Crippen molar-refractivity contribution >= 4 is 0 Å². The quantitative estimate of drug-likeness (QED) is 0.597. The van der Waals surface area contributed by atoms with E-state index in [4.69, 9.17) is 10.5 Å². The van der Waals surface area contributed by atoms with Crippen LogP contribution >= 0.6 is 0 Å². The normalized spacial score (nSPS) is 11.0. The third-order valence-electron chi connectivity index (χ3n) is 1.83. The van der Waals surface area contributed by atoms with Gasteiger partial charge >= 0.3 is 0 Å². The first-order valence-corrected chi connectivity index (χ1v) is 4.30. The number of rotatable bonds is 4. The topological polar surface area (TPSA) is 47.6 Å². The van der Waals surface area contributed by atoms with Crippen LogP contribution in [0.1, 0.15) is 33.1 Å². The van der Waals surface area contributed by atoms with E-state index in [-0.39, 0.29) is 5.57 Å². The highest BCUT2D eigenvalue weighted by Gasteiger charge is 2.02. The van der Waals surface area contributed by atoms with Gasteiger partial charge in [0.2, 0.25) is 0 Å². The van der Waals surface area contributed by atoms with Crippen LogP contribution in [0.3, 0.4) is 0 Å². The van der Waals surface area contributed by atoms with E-state index in [9.17, 15) is 0 Å². The van der Waals surface area contributed by atoms with Crippen molar-refractivity contribution in [3.05, 3.63) is 11.6 Å². The Balaban J connectivity index is 4.27. The van der Waals surface area contributed by atoms with E-state index in [1.54, 1.807) is 6.08 Å². The lowest BCUT2D eigenvalue weighted by Gasteiger charge is -2.06. The van der Waals surface area contributed by atoms with Crippen LogP contribution in [0.4, 0.5) is 0 Å². The molecule has 0 radical (unpaired) electrons. The molecule has 0 aromatic heterocycles. The summed E-state index contributed by atoms with van der Waals surface area (Å²) in [5, 5.41) is 17.0. The minimum absolute atomic E-state index is 0.246. The fraction of sp³-hybridized carbons (Fsp3) is 0.600. The zero-order chi connectivity index (χ0) is 9.40. The van der Waals surface area contributed by atoms with Gasteiger partial charge in [-0.3, -0.25) is 0 Å². The Labute approximate surface area is 74.1 Å². The average molecular weight is 162 g/mol. The third-order valence-corrected chi connectivity index (χ3v) is 1.83. The number of nitrogens with zero attached hydrogens (tertiary/aromatic N) is 2. The zero-order valence-corrected chi connectivity index (χ0v) is 7.67. The minimum Gasteiger partial charge on any atom is -0.192 e.